The summed E-state index contributed by atoms with van der Waals surface area (Å²) in [5.74, 6) is 1.31. The van der Waals surface area contributed by atoms with Crippen LogP contribution in [0.5, 0.6) is 5.75 Å². The molecule has 0 saturated carbocycles. The average Bonchev–Trinajstić information content (AvgIpc) is 3.48. The minimum atomic E-state index is -0.443. The molecule has 4 aromatic rings. The van der Waals surface area contributed by atoms with Crippen molar-refractivity contribution in [3.63, 3.8) is 0 Å². The van der Waals surface area contributed by atoms with Gasteiger partial charge in [-0.3, -0.25) is 9.78 Å². The lowest BCUT2D eigenvalue weighted by Gasteiger charge is -2.17. The Labute approximate surface area is 183 Å². The lowest BCUT2D eigenvalue weighted by Crippen LogP contribution is -2.32. The van der Waals surface area contributed by atoms with Crippen molar-refractivity contribution in [1.29, 1.82) is 0 Å². The first kappa shape index (κ1) is 20.7. The van der Waals surface area contributed by atoms with Crippen molar-refractivity contribution in [1.82, 2.24) is 25.4 Å². The van der Waals surface area contributed by atoms with E-state index in [4.69, 9.17) is 9.26 Å². The molecule has 0 aliphatic rings. The molecule has 1 amide bonds. The molecule has 9 heteroatoms. The molecule has 0 saturated heterocycles. The maximum atomic E-state index is 12.9. The number of ether oxygens (including phenoxy) is 1. The zero-order valence-corrected chi connectivity index (χ0v) is 18.1. The summed E-state index contributed by atoms with van der Waals surface area (Å²) in [6, 6.07) is 10.7. The Morgan fingerprint density at radius 2 is 1.81 bits per heavy atom. The number of thiazole rings is 1. The third-order valence-electron chi connectivity index (χ3n) is 4.67. The van der Waals surface area contributed by atoms with E-state index in [1.54, 1.807) is 37.0 Å². The fraction of sp³-hybridized carbons (Fsp3) is 0.227. The standard InChI is InChI=1S/C22H21N5O3S/c1-13(2)18(21-26-19(27-30-21)14-8-10-23-11-9-14)25-20(28)17-12-31-22(24-17)15-4-6-16(29-3)7-5-15/h4-13,18H,1-3H3,(H,25,28). The average molecular weight is 436 g/mol. The number of benzene rings is 1. The van der Waals surface area contributed by atoms with Crippen molar-refractivity contribution < 1.29 is 14.1 Å². The van der Waals surface area contributed by atoms with Crippen molar-refractivity contribution in [2.45, 2.75) is 19.9 Å². The molecule has 0 aliphatic carbocycles. The maximum Gasteiger partial charge on any atom is 0.271 e. The summed E-state index contributed by atoms with van der Waals surface area (Å²) in [5, 5.41) is 9.51. The van der Waals surface area contributed by atoms with Crippen LogP contribution >= 0.6 is 11.3 Å². The van der Waals surface area contributed by atoms with Crippen LogP contribution in [0, 0.1) is 5.92 Å². The Kier molecular flexibility index (Phi) is 6.03. The maximum absolute atomic E-state index is 12.9. The van der Waals surface area contributed by atoms with Crippen LogP contribution in [0.15, 0.2) is 58.7 Å². The topological polar surface area (TPSA) is 103 Å². The number of aromatic nitrogens is 4. The Hall–Kier alpha value is -3.59. The van der Waals surface area contributed by atoms with E-state index >= 15 is 0 Å². The quantitative estimate of drug-likeness (QED) is 0.459. The number of pyridine rings is 1. The van der Waals surface area contributed by atoms with Gasteiger partial charge in [0.25, 0.3) is 5.91 Å². The number of hydrogen-bond acceptors (Lipinski definition) is 8. The highest BCUT2D eigenvalue weighted by molar-refractivity contribution is 7.13. The molecule has 3 heterocycles. The van der Waals surface area contributed by atoms with Gasteiger partial charge >= 0.3 is 0 Å². The van der Waals surface area contributed by atoms with Gasteiger partial charge in [0.15, 0.2) is 0 Å². The van der Waals surface area contributed by atoms with Gasteiger partial charge in [0.05, 0.1) is 7.11 Å². The zero-order chi connectivity index (χ0) is 21.8. The number of amides is 1. The molecule has 4 rings (SSSR count). The molecule has 31 heavy (non-hydrogen) atoms. The monoisotopic (exact) mass is 435 g/mol. The molecule has 1 atom stereocenters. The molecular weight excluding hydrogens is 414 g/mol. The zero-order valence-electron chi connectivity index (χ0n) is 17.3. The Balaban J connectivity index is 1.51. The summed E-state index contributed by atoms with van der Waals surface area (Å²) >= 11 is 1.41. The van der Waals surface area contributed by atoms with Gasteiger partial charge in [-0.05, 0) is 42.3 Å². The van der Waals surface area contributed by atoms with Crippen LogP contribution in [0.4, 0.5) is 0 Å². The van der Waals surface area contributed by atoms with Crippen LogP contribution in [0.2, 0.25) is 0 Å². The van der Waals surface area contributed by atoms with Crippen molar-refractivity contribution >= 4 is 17.2 Å². The van der Waals surface area contributed by atoms with Gasteiger partial charge in [-0.15, -0.1) is 11.3 Å². The van der Waals surface area contributed by atoms with Gasteiger partial charge in [0.1, 0.15) is 22.5 Å². The number of nitrogens with one attached hydrogen (secondary N) is 1. The van der Waals surface area contributed by atoms with Crippen molar-refractivity contribution in [2.75, 3.05) is 7.11 Å². The Bertz CT molecular complexity index is 1160. The molecule has 3 aromatic heterocycles. The molecule has 0 aliphatic heterocycles. The molecule has 0 radical (unpaired) electrons. The van der Waals surface area contributed by atoms with Gasteiger partial charge in [-0.1, -0.05) is 19.0 Å². The van der Waals surface area contributed by atoms with E-state index in [1.165, 1.54) is 11.3 Å². The van der Waals surface area contributed by atoms with Gasteiger partial charge < -0.3 is 14.6 Å². The first-order chi connectivity index (χ1) is 15.0. The molecule has 1 N–H and O–H groups in total. The van der Waals surface area contributed by atoms with Crippen LogP contribution in [0.25, 0.3) is 22.0 Å². The second-order valence-electron chi connectivity index (χ2n) is 7.15. The third kappa shape index (κ3) is 4.61. The van der Waals surface area contributed by atoms with Crippen molar-refractivity contribution in [2.24, 2.45) is 5.92 Å². The van der Waals surface area contributed by atoms with Crippen molar-refractivity contribution in [3.05, 3.63) is 65.8 Å². The van der Waals surface area contributed by atoms with Gasteiger partial charge in [0.2, 0.25) is 11.7 Å². The molecule has 1 unspecified atom stereocenters. The second kappa shape index (κ2) is 9.05. The number of carbonyl (C=O) groups is 1. The smallest absolute Gasteiger partial charge is 0.271 e. The molecule has 8 nitrogen and oxygen atoms in total. The minimum absolute atomic E-state index is 0.0365. The summed E-state index contributed by atoms with van der Waals surface area (Å²) in [4.78, 5) is 25.8. The highest BCUT2D eigenvalue weighted by atomic mass is 32.1. The summed E-state index contributed by atoms with van der Waals surface area (Å²) in [6.45, 7) is 3.95. The molecular formula is C22H21N5O3S. The van der Waals surface area contributed by atoms with Gasteiger partial charge in [0, 0.05) is 28.9 Å². The van der Waals surface area contributed by atoms with E-state index < -0.39 is 6.04 Å². The number of carbonyl (C=O) groups excluding carboxylic acids is 1. The van der Waals surface area contributed by atoms with E-state index in [1.807, 2.05) is 38.1 Å². The van der Waals surface area contributed by atoms with Crippen LogP contribution in [-0.4, -0.2) is 33.1 Å². The van der Waals surface area contributed by atoms with E-state index in [9.17, 15) is 4.79 Å². The van der Waals surface area contributed by atoms with Crippen molar-refractivity contribution in [3.8, 4) is 27.7 Å². The molecule has 1 aromatic carbocycles. The highest BCUT2D eigenvalue weighted by Gasteiger charge is 2.26. The molecule has 0 spiro atoms. The summed E-state index contributed by atoms with van der Waals surface area (Å²) in [5.41, 5.74) is 2.06. The first-order valence-corrected chi connectivity index (χ1v) is 10.6. The summed E-state index contributed by atoms with van der Waals surface area (Å²) < 4.78 is 10.6. The number of hydrogen-bond donors (Lipinski definition) is 1. The van der Waals surface area contributed by atoms with E-state index in [0.29, 0.717) is 17.4 Å². The Morgan fingerprint density at radius 3 is 2.48 bits per heavy atom. The number of rotatable bonds is 7. The largest absolute Gasteiger partial charge is 0.497 e. The van der Waals surface area contributed by atoms with E-state index in [2.05, 4.69) is 25.4 Å². The molecule has 158 valence electrons. The minimum Gasteiger partial charge on any atom is -0.497 e. The fourth-order valence-electron chi connectivity index (χ4n) is 2.95. The number of nitrogens with zero attached hydrogens (tertiary/aromatic N) is 4. The van der Waals surface area contributed by atoms with Crippen LogP contribution in [-0.2, 0) is 0 Å². The predicted molar refractivity (Wildman–Crippen MR) is 117 cm³/mol. The van der Waals surface area contributed by atoms with Crippen LogP contribution < -0.4 is 10.1 Å². The summed E-state index contributed by atoms with van der Waals surface area (Å²) in [6.07, 6.45) is 3.32. The van der Waals surface area contributed by atoms with Gasteiger partial charge in [-0.25, -0.2) is 4.98 Å². The lowest BCUT2D eigenvalue weighted by molar-refractivity contribution is 0.0909. The van der Waals surface area contributed by atoms with E-state index in [-0.39, 0.29) is 11.8 Å². The van der Waals surface area contributed by atoms with Gasteiger partial charge in [-0.2, -0.15) is 4.98 Å². The predicted octanol–water partition coefficient (Wildman–Crippen LogP) is 4.39. The number of methoxy groups -OCH3 is 1. The van der Waals surface area contributed by atoms with E-state index in [0.717, 1.165) is 21.9 Å². The lowest BCUT2D eigenvalue weighted by atomic mass is 10.0. The van der Waals surface area contributed by atoms with Crippen LogP contribution in [0.1, 0.15) is 36.3 Å². The molecule has 0 bridgehead atoms. The highest BCUT2D eigenvalue weighted by Crippen LogP contribution is 2.27. The SMILES string of the molecule is COc1ccc(-c2nc(C(=O)NC(c3nc(-c4ccncc4)no3)C(C)C)cs2)cc1. The first-order valence-electron chi connectivity index (χ1n) is 9.70. The molecule has 0 fully saturated rings. The van der Waals surface area contributed by atoms with Crippen LogP contribution in [0.3, 0.4) is 0 Å². The normalized spacial score (nSPS) is 12.0. The second-order valence-corrected chi connectivity index (χ2v) is 8.01. The Morgan fingerprint density at radius 1 is 1.06 bits per heavy atom. The summed E-state index contributed by atoms with van der Waals surface area (Å²) in [7, 11) is 1.62. The fourth-order valence-corrected chi connectivity index (χ4v) is 3.76. The third-order valence-corrected chi connectivity index (χ3v) is 5.56.